The second kappa shape index (κ2) is 4.29. The van der Waals surface area contributed by atoms with Crippen molar-refractivity contribution >= 4 is 17.1 Å². The number of anilines is 1. The third-order valence-corrected chi connectivity index (χ3v) is 1.92. The van der Waals surface area contributed by atoms with E-state index in [1.807, 2.05) is 0 Å². The van der Waals surface area contributed by atoms with Crippen molar-refractivity contribution in [3.05, 3.63) is 16.7 Å². The van der Waals surface area contributed by atoms with E-state index >= 15 is 0 Å². The van der Waals surface area contributed by atoms with Gasteiger partial charge in [-0.1, -0.05) is 0 Å². The molecule has 1 atom stereocenters. The van der Waals surface area contributed by atoms with Gasteiger partial charge in [-0.3, -0.25) is 14.3 Å². The van der Waals surface area contributed by atoms with Crippen LogP contribution in [-0.2, 0) is 11.5 Å². The summed E-state index contributed by atoms with van der Waals surface area (Å²) < 4.78 is 13.3. The van der Waals surface area contributed by atoms with E-state index < -0.39 is 12.1 Å². The molecule has 86 valence electrons. The van der Waals surface area contributed by atoms with Gasteiger partial charge in [-0.05, 0) is 0 Å². The number of hydrogen-bond acceptors (Lipinski definition) is 6. The SMILES string of the molecule is [3H]C(O)COCn1cnc2c(=O)[nH]c(N)nc21. The van der Waals surface area contributed by atoms with E-state index in [2.05, 4.69) is 15.0 Å². The molecular weight excluding hydrogens is 214 g/mol. The summed E-state index contributed by atoms with van der Waals surface area (Å²) in [6.07, 6.45) is 1.38. The van der Waals surface area contributed by atoms with Gasteiger partial charge in [-0.15, -0.1) is 0 Å². The van der Waals surface area contributed by atoms with Gasteiger partial charge in [0.1, 0.15) is 6.73 Å². The number of aliphatic hydroxyl groups is 1. The number of aromatic nitrogens is 4. The lowest BCUT2D eigenvalue weighted by molar-refractivity contribution is 0.0499. The normalized spacial score (nSPS) is 13.9. The van der Waals surface area contributed by atoms with Crippen molar-refractivity contribution in [2.45, 2.75) is 6.73 Å². The average Bonchev–Trinajstić information content (AvgIpc) is 2.61. The number of nitrogens with zero attached hydrogens (tertiary/aromatic N) is 3. The van der Waals surface area contributed by atoms with Crippen LogP contribution in [0.3, 0.4) is 0 Å². The largest absolute Gasteiger partial charge is 0.394 e. The molecule has 1 unspecified atom stereocenters. The van der Waals surface area contributed by atoms with Crippen LogP contribution in [0.15, 0.2) is 11.1 Å². The average molecular weight is 227 g/mol. The Morgan fingerprint density at radius 1 is 1.75 bits per heavy atom. The number of nitrogen functional groups attached to an aromatic ring is 1. The molecular formula is C8H11N5O3. The summed E-state index contributed by atoms with van der Waals surface area (Å²) in [5.41, 5.74) is 5.45. The number of imidazole rings is 1. The number of fused-ring (bicyclic) bond motifs is 1. The highest BCUT2D eigenvalue weighted by Gasteiger charge is 2.08. The van der Waals surface area contributed by atoms with Crippen LogP contribution in [0.25, 0.3) is 11.2 Å². The molecule has 4 N–H and O–H groups in total. The first-order chi connectivity index (χ1) is 8.08. The van der Waals surface area contributed by atoms with Crippen LogP contribution in [0.2, 0.25) is 0 Å². The second-order valence-electron chi connectivity index (χ2n) is 3.02. The maximum atomic E-state index is 11.4. The van der Waals surface area contributed by atoms with Crippen LogP contribution in [0, 0.1) is 0 Å². The quantitative estimate of drug-likeness (QED) is 0.595. The fourth-order valence-electron chi connectivity index (χ4n) is 1.27. The van der Waals surface area contributed by atoms with Gasteiger partial charge < -0.3 is 15.6 Å². The number of H-pyrrole nitrogens is 1. The number of rotatable bonds is 4. The molecule has 8 heteroatoms. The first kappa shape index (κ1) is 9.31. The number of ether oxygens (including phenoxy) is 1. The zero-order chi connectivity index (χ0) is 12.4. The number of nitrogens with two attached hydrogens (primary N) is 1. The monoisotopic (exact) mass is 227 g/mol. The molecule has 16 heavy (non-hydrogen) atoms. The van der Waals surface area contributed by atoms with E-state index in [4.69, 9.17) is 16.9 Å². The van der Waals surface area contributed by atoms with Gasteiger partial charge in [0.05, 0.1) is 20.9 Å². The van der Waals surface area contributed by atoms with Crippen molar-refractivity contribution in [2.24, 2.45) is 0 Å². The Morgan fingerprint density at radius 2 is 2.56 bits per heavy atom. The molecule has 0 bridgehead atoms. The number of hydrogen-bond donors (Lipinski definition) is 3. The molecule has 2 aromatic rings. The number of nitrogens with one attached hydrogen (secondary N) is 1. The molecule has 0 aromatic carbocycles. The van der Waals surface area contributed by atoms with Crippen LogP contribution in [0.1, 0.15) is 1.37 Å². The van der Waals surface area contributed by atoms with E-state index in [0.29, 0.717) is 5.65 Å². The van der Waals surface area contributed by atoms with Crippen molar-refractivity contribution in [3.8, 4) is 0 Å². The lowest BCUT2D eigenvalue weighted by Gasteiger charge is -2.03. The minimum Gasteiger partial charge on any atom is -0.394 e. The Bertz CT molecular complexity index is 578. The highest BCUT2D eigenvalue weighted by atomic mass is 16.5. The molecule has 2 rings (SSSR count). The minimum atomic E-state index is -1.30. The Kier molecular flexibility index (Phi) is 2.49. The molecule has 0 aliphatic heterocycles. The summed E-state index contributed by atoms with van der Waals surface area (Å²) in [6.45, 7) is -1.41. The molecule has 2 aromatic heterocycles. The molecule has 0 radical (unpaired) electrons. The summed E-state index contributed by atoms with van der Waals surface area (Å²) in [5, 5.41) is 8.71. The highest BCUT2D eigenvalue weighted by molar-refractivity contribution is 5.70. The zero-order valence-electron chi connectivity index (χ0n) is 9.25. The first-order valence-corrected chi connectivity index (χ1v) is 4.46. The molecule has 0 amide bonds. The lowest BCUT2D eigenvalue weighted by atomic mass is 10.5. The Balaban J connectivity index is 2.26. The van der Waals surface area contributed by atoms with Crippen LogP contribution in [0.4, 0.5) is 5.95 Å². The topological polar surface area (TPSA) is 119 Å². The second-order valence-corrected chi connectivity index (χ2v) is 3.02. The molecule has 0 fully saturated rings. The van der Waals surface area contributed by atoms with Gasteiger partial charge in [0.2, 0.25) is 5.95 Å². The Labute approximate surface area is 91.1 Å². The molecule has 0 aliphatic carbocycles. The Hall–Kier alpha value is -1.93. The molecule has 2 heterocycles. The maximum absolute atomic E-state index is 11.4. The first-order valence-electron chi connectivity index (χ1n) is 5.04. The van der Waals surface area contributed by atoms with Crippen LogP contribution < -0.4 is 11.3 Å². The van der Waals surface area contributed by atoms with E-state index in [1.54, 1.807) is 0 Å². The molecule has 0 saturated carbocycles. The van der Waals surface area contributed by atoms with Gasteiger partial charge in [0.25, 0.3) is 5.56 Å². The smallest absolute Gasteiger partial charge is 0.280 e. The maximum Gasteiger partial charge on any atom is 0.280 e. The fourth-order valence-corrected chi connectivity index (χ4v) is 1.27. The van der Waals surface area contributed by atoms with Gasteiger partial charge >= 0.3 is 0 Å². The van der Waals surface area contributed by atoms with Gasteiger partial charge in [0.15, 0.2) is 11.2 Å². The molecule has 0 aliphatic rings. The summed E-state index contributed by atoms with van der Waals surface area (Å²) in [4.78, 5) is 21.6. The third-order valence-electron chi connectivity index (χ3n) is 1.92. The third kappa shape index (κ3) is 1.88. The molecule has 0 saturated heterocycles. The van der Waals surface area contributed by atoms with Gasteiger partial charge in [-0.2, -0.15) is 4.98 Å². The summed E-state index contributed by atoms with van der Waals surface area (Å²) in [6, 6.07) is 0. The Morgan fingerprint density at radius 3 is 3.31 bits per heavy atom. The van der Waals surface area contributed by atoms with Gasteiger partial charge in [0, 0.05) is 0 Å². The highest BCUT2D eigenvalue weighted by Crippen LogP contribution is 2.05. The number of aliphatic hydroxyl groups excluding tert-OH is 1. The van der Waals surface area contributed by atoms with Crippen molar-refractivity contribution in [1.82, 2.24) is 19.5 Å². The van der Waals surface area contributed by atoms with E-state index in [1.165, 1.54) is 10.9 Å². The van der Waals surface area contributed by atoms with Crippen LogP contribution >= 0.6 is 0 Å². The minimum absolute atomic E-state index is 0.00947. The lowest BCUT2D eigenvalue weighted by Crippen LogP contribution is -2.13. The van der Waals surface area contributed by atoms with Crippen LogP contribution in [0.5, 0.6) is 0 Å². The van der Waals surface area contributed by atoms with Crippen LogP contribution in [-0.4, -0.2) is 37.8 Å². The standard InChI is InChI=1S/C8H11N5O3/c9-8-11-6-5(7(15)12-8)10-3-13(6)4-16-2-1-14/h3,14H,1-2,4H2,(H3,9,11,12,15)/i1T. The molecule has 8 nitrogen and oxygen atoms in total. The zero-order valence-corrected chi connectivity index (χ0v) is 8.25. The van der Waals surface area contributed by atoms with E-state index in [0.717, 1.165) is 0 Å². The predicted molar refractivity (Wildman–Crippen MR) is 55.6 cm³/mol. The van der Waals surface area contributed by atoms with E-state index in [9.17, 15) is 4.79 Å². The summed E-state index contributed by atoms with van der Waals surface area (Å²) >= 11 is 0. The van der Waals surface area contributed by atoms with Gasteiger partial charge in [-0.25, -0.2) is 4.98 Å². The summed E-state index contributed by atoms with van der Waals surface area (Å²) in [5.74, 6) is -0.00947. The summed E-state index contributed by atoms with van der Waals surface area (Å²) in [7, 11) is 0. The van der Waals surface area contributed by atoms with Crippen molar-refractivity contribution in [3.63, 3.8) is 0 Å². The van der Waals surface area contributed by atoms with E-state index in [-0.39, 0.29) is 24.8 Å². The van der Waals surface area contributed by atoms with Crippen molar-refractivity contribution in [1.29, 1.82) is 0 Å². The predicted octanol–water partition coefficient (Wildman–Crippen LogP) is -1.33. The van der Waals surface area contributed by atoms with Crippen molar-refractivity contribution in [2.75, 3.05) is 18.9 Å². The number of aromatic amines is 1. The molecule has 0 spiro atoms. The van der Waals surface area contributed by atoms with Crippen molar-refractivity contribution < 1.29 is 11.2 Å². The fraction of sp³-hybridized carbons (Fsp3) is 0.375.